The van der Waals surface area contributed by atoms with Crippen molar-refractivity contribution >= 4 is 34.3 Å². The molecule has 2 heterocycles. The number of anilines is 1. The van der Waals surface area contributed by atoms with Gasteiger partial charge < -0.3 is 19.3 Å². The van der Waals surface area contributed by atoms with Crippen LogP contribution in [-0.4, -0.2) is 16.0 Å². The second kappa shape index (κ2) is 6.24. The summed E-state index contributed by atoms with van der Waals surface area (Å²) in [6, 6.07) is 11.5. The number of aromatic nitrogens is 1. The van der Waals surface area contributed by atoms with E-state index >= 15 is 0 Å². The maximum atomic E-state index is 12.2. The summed E-state index contributed by atoms with van der Waals surface area (Å²) in [6.45, 7) is 1.72. The van der Waals surface area contributed by atoms with Gasteiger partial charge in [-0.15, -0.1) is 0 Å². The molecular weight excluding hydrogens is 356 g/mol. The molecule has 0 unspecified atom stereocenters. The molecule has 26 heavy (non-hydrogen) atoms. The number of hydrogen-bond acceptors (Lipinski definition) is 5. The lowest BCUT2D eigenvalue weighted by Crippen LogP contribution is -2.11. The minimum Gasteiger partial charge on any atom is -0.507 e. The lowest BCUT2D eigenvalue weighted by molar-refractivity contribution is 0.0996. The van der Waals surface area contributed by atoms with Crippen molar-refractivity contribution in [3.8, 4) is 17.2 Å². The van der Waals surface area contributed by atoms with E-state index in [1.54, 1.807) is 49.4 Å². The van der Waals surface area contributed by atoms with E-state index in [0.717, 1.165) is 0 Å². The van der Waals surface area contributed by atoms with Gasteiger partial charge in [0.25, 0.3) is 5.91 Å². The van der Waals surface area contributed by atoms with Crippen LogP contribution in [0.2, 0.25) is 5.02 Å². The summed E-state index contributed by atoms with van der Waals surface area (Å²) in [5.41, 5.74) is 2.54. The number of fused-ring (bicyclic) bond motifs is 1. The van der Waals surface area contributed by atoms with Gasteiger partial charge in [-0.1, -0.05) is 11.6 Å². The maximum absolute atomic E-state index is 12.2. The number of aromatic hydroxyl groups is 1. The van der Waals surface area contributed by atoms with Gasteiger partial charge in [0.05, 0.1) is 11.8 Å². The van der Waals surface area contributed by atoms with Crippen LogP contribution in [0.1, 0.15) is 16.1 Å². The van der Waals surface area contributed by atoms with Gasteiger partial charge in [0.15, 0.2) is 11.3 Å². The van der Waals surface area contributed by atoms with Crippen molar-refractivity contribution in [3.05, 3.63) is 65.1 Å². The molecule has 0 aliphatic heterocycles. The maximum Gasteiger partial charge on any atom is 0.291 e. The average molecular weight is 369 g/mol. The largest absolute Gasteiger partial charge is 0.507 e. The number of phenols is 1. The molecule has 6 nitrogen and oxygen atoms in total. The number of nitrogens with one attached hydrogen (secondary N) is 1. The van der Waals surface area contributed by atoms with Crippen LogP contribution in [0.4, 0.5) is 5.69 Å². The highest BCUT2D eigenvalue weighted by Gasteiger charge is 2.17. The zero-order chi connectivity index (χ0) is 18.3. The zero-order valence-corrected chi connectivity index (χ0v) is 14.4. The molecule has 0 bridgehead atoms. The lowest BCUT2D eigenvalue weighted by atomic mass is 10.1. The van der Waals surface area contributed by atoms with Gasteiger partial charge in [-0.25, -0.2) is 4.98 Å². The number of hydrogen-bond donors (Lipinski definition) is 2. The van der Waals surface area contributed by atoms with E-state index in [0.29, 0.717) is 32.9 Å². The Morgan fingerprint density at radius 3 is 2.85 bits per heavy atom. The molecule has 2 aromatic heterocycles. The van der Waals surface area contributed by atoms with E-state index < -0.39 is 5.91 Å². The van der Waals surface area contributed by atoms with E-state index in [1.165, 1.54) is 6.26 Å². The number of carbonyl (C=O) groups is 1. The van der Waals surface area contributed by atoms with Gasteiger partial charge in [0.2, 0.25) is 5.89 Å². The number of benzene rings is 2. The molecule has 0 aliphatic carbocycles. The smallest absolute Gasteiger partial charge is 0.291 e. The summed E-state index contributed by atoms with van der Waals surface area (Å²) in [5, 5.41) is 13.7. The first-order valence-electron chi connectivity index (χ1n) is 7.76. The molecule has 2 aromatic carbocycles. The standard InChI is InChI=1S/C19H13ClN2O4/c1-10-7-12(21-18(24)16-3-2-6-25-16)9-13(17(10)23)19-22-14-8-11(20)4-5-15(14)26-19/h2-9,23H,1H3,(H,21,24). The fourth-order valence-electron chi connectivity index (χ4n) is 2.63. The van der Waals surface area contributed by atoms with Gasteiger partial charge in [-0.2, -0.15) is 0 Å². The zero-order valence-electron chi connectivity index (χ0n) is 13.6. The van der Waals surface area contributed by atoms with Crippen LogP contribution < -0.4 is 5.32 Å². The Morgan fingerprint density at radius 2 is 2.08 bits per heavy atom. The Hall–Kier alpha value is -3.25. The summed E-state index contributed by atoms with van der Waals surface area (Å²) in [4.78, 5) is 16.6. The van der Waals surface area contributed by atoms with Gasteiger partial charge in [-0.3, -0.25) is 4.79 Å². The molecule has 4 rings (SSSR count). The Bertz CT molecular complexity index is 1120. The first-order valence-corrected chi connectivity index (χ1v) is 8.14. The van der Waals surface area contributed by atoms with Gasteiger partial charge in [0, 0.05) is 10.7 Å². The molecule has 7 heteroatoms. The second-order valence-corrected chi connectivity index (χ2v) is 6.19. The van der Waals surface area contributed by atoms with Crippen LogP contribution in [0.5, 0.6) is 5.75 Å². The van der Waals surface area contributed by atoms with Crippen LogP contribution in [-0.2, 0) is 0 Å². The number of nitrogens with zero attached hydrogens (tertiary/aromatic N) is 1. The fraction of sp³-hybridized carbons (Fsp3) is 0.0526. The number of phenolic OH excluding ortho intramolecular Hbond substituents is 1. The van der Waals surface area contributed by atoms with Crippen LogP contribution >= 0.6 is 11.6 Å². The third-order valence-electron chi connectivity index (χ3n) is 3.88. The summed E-state index contributed by atoms with van der Waals surface area (Å²) in [7, 11) is 0. The molecule has 130 valence electrons. The number of amides is 1. The van der Waals surface area contributed by atoms with Gasteiger partial charge >= 0.3 is 0 Å². The minimum absolute atomic E-state index is 0.0265. The number of aryl methyl sites for hydroxylation is 1. The van der Waals surface area contributed by atoms with E-state index in [2.05, 4.69) is 10.3 Å². The Labute approximate surface area is 153 Å². The SMILES string of the molecule is Cc1cc(NC(=O)c2ccco2)cc(-c2nc3cc(Cl)ccc3o2)c1O. The minimum atomic E-state index is -0.393. The Morgan fingerprint density at radius 1 is 1.23 bits per heavy atom. The first kappa shape index (κ1) is 16.2. The first-order chi connectivity index (χ1) is 12.5. The molecular formula is C19H13ClN2O4. The third-order valence-corrected chi connectivity index (χ3v) is 4.12. The lowest BCUT2D eigenvalue weighted by Gasteiger charge is -2.09. The molecule has 1 amide bonds. The second-order valence-electron chi connectivity index (χ2n) is 5.75. The Kier molecular flexibility index (Phi) is 3.89. The van der Waals surface area contributed by atoms with Crippen molar-refractivity contribution in [2.75, 3.05) is 5.32 Å². The molecule has 0 saturated heterocycles. The predicted molar refractivity (Wildman–Crippen MR) is 97.5 cm³/mol. The molecule has 0 spiro atoms. The van der Waals surface area contributed by atoms with E-state index in [-0.39, 0.29) is 17.4 Å². The van der Waals surface area contributed by atoms with Crippen molar-refractivity contribution in [1.82, 2.24) is 4.98 Å². The van der Waals surface area contributed by atoms with Gasteiger partial charge in [-0.05, 0) is 55.0 Å². The number of oxazole rings is 1. The highest BCUT2D eigenvalue weighted by molar-refractivity contribution is 6.31. The highest BCUT2D eigenvalue weighted by Crippen LogP contribution is 2.36. The number of rotatable bonds is 3. The third kappa shape index (κ3) is 2.91. The van der Waals surface area contributed by atoms with Crippen molar-refractivity contribution in [2.24, 2.45) is 0 Å². The molecule has 2 N–H and O–H groups in total. The van der Waals surface area contributed by atoms with Crippen LogP contribution in [0.15, 0.2) is 57.6 Å². The summed E-state index contributed by atoms with van der Waals surface area (Å²) >= 11 is 5.97. The van der Waals surface area contributed by atoms with E-state index in [1.807, 2.05) is 0 Å². The van der Waals surface area contributed by atoms with Crippen LogP contribution in [0, 0.1) is 6.92 Å². The summed E-state index contributed by atoms with van der Waals surface area (Å²) < 4.78 is 10.8. The number of carbonyl (C=O) groups excluding carboxylic acids is 1. The van der Waals surface area contributed by atoms with Gasteiger partial charge in [0.1, 0.15) is 11.3 Å². The van der Waals surface area contributed by atoms with Crippen LogP contribution in [0.3, 0.4) is 0 Å². The van der Waals surface area contributed by atoms with Crippen molar-refractivity contribution < 1.29 is 18.7 Å². The highest BCUT2D eigenvalue weighted by atomic mass is 35.5. The Balaban J connectivity index is 1.75. The molecule has 0 fully saturated rings. The van der Waals surface area contributed by atoms with E-state index in [4.69, 9.17) is 20.4 Å². The monoisotopic (exact) mass is 368 g/mol. The quantitative estimate of drug-likeness (QED) is 0.496. The number of halogens is 1. The summed E-state index contributed by atoms with van der Waals surface area (Å²) in [5.74, 6) is 0.0554. The number of furan rings is 1. The van der Waals surface area contributed by atoms with Crippen molar-refractivity contribution in [2.45, 2.75) is 6.92 Å². The molecule has 0 saturated carbocycles. The summed E-state index contributed by atoms with van der Waals surface area (Å²) in [6.07, 6.45) is 1.42. The van der Waals surface area contributed by atoms with Crippen molar-refractivity contribution in [3.63, 3.8) is 0 Å². The fourth-order valence-corrected chi connectivity index (χ4v) is 2.80. The molecule has 0 atom stereocenters. The molecule has 0 aliphatic rings. The molecule has 0 radical (unpaired) electrons. The van der Waals surface area contributed by atoms with Crippen LogP contribution in [0.25, 0.3) is 22.6 Å². The van der Waals surface area contributed by atoms with E-state index in [9.17, 15) is 9.90 Å². The average Bonchev–Trinajstić information content (AvgIpc) is 3.26. The predicted octanol–water partition coefficient (Wildman–Crippen LogP) is 5.01. The topological polar surface area (TPSA) is 88.5 Å². The van der Waals surface area contributed by atoms with Crippen molar-refractivity contribution in [1.29, 1.82) is 0 Å². The molecule has 4 aromatic rings. The normalized spacial score (nSPS) is 11.0.